The van der Waals surface area contributed by atoms with Crippen LogP contribution in [0.1, 0.15) is 24.2 Å². The second-order valence-corrected chi connectivity index (χ2v) is 4.51. The van der Waals surface area contributed by atoms with Gasteiger partial charge in [0.25, 0.3) is 0 Å². The first kappa shape index (κ1) is 10.7. The molecule has 0 amide bonds. The highest BCUT2D eigenvalue weighted by atomic mass is 16.5. The van der Waals surface area contributed by atoms with Crippen molar-refractivity contribution in [2.45, 2.75) is 31.9 Å². The summed E-state index contributed by atoms with van der Waals surface area (Å²) in [5.74, 6) is 1.07. The summed E-state index contributed by atoms with van der Waals surface area (Å²) in [4.78, 5) is 4.49. The summed E-state index contributed by atoms with van der Waals surface area (Å²) in [5, 5.41) is 0. The Labute approximate surface area is 100 Å². The van der Waals surface area contributed by atoms with Crippen molar-refractivity contribution in [3.8, 4) is 0 Å². The predicted octanol–water partition coefficient (Wildman–Crippen LogP) is 1.51. The third kappa shape index (κ3) is 1.94. The molecule has 0 spiro atoms. The average molecular weight is 231 g/mol. The minimum absolute atomic E-state index is 0.335. The van der Waals surface area contributed by atoms with Gasteiger partial charge in [0.2, 0.25) is 0 Å². The van der Waals surface area contributed by atoms with Crippen molar-refractivity contribution >= 4 is 5.52 Å². The lowest BCUT2D eigenvalue weighted by Crippen LogP contribution is -2.11. The smallest absolute Gasteiger partial charge is 0.115 e. The molecule has 90 valence electrons. The van der Waals surface area contributed by atoms with Gasteiger partial charge >= 0.3 is 0 Å². The number of fused-ring (bicyclic) bond motifs is 1. The number of pyridine rings is 1. The molecule has 1 atom stereocenters. The molecular weight excluding hydrogens is 214 g/mol. The van der Waals surface area contributed by atoms with E-state index in [0.29, 0.717) is 12.6 Å². The highest BCUT2D eigenvalue weighted by molar-refractivity contribution is 5.54. The Hall–Kier alpha value is -1.39. The van der Waals surface area contributed by atoms with Crippen LogP contribution < -0.4 is 5.73 Å². The first-order chi connectivity index (χ1) is 8.38. The van der Waals surface area contributed by atoms with Gasteiger partial charge in [0.15, 0.2) is 0 Å². The van der Waals surface area contributed by atoms with Gasteiger partial charge in [0.05, 0.1) is 17.8 Å². The second kappa shape index (κ2) is 4.47. The number of nitrogens with zero attached hydrogens (tertiary/aromatic N) is 2. The summed E-state index contributed by atoms with van der Waals surface area (Å²) in [6.07, 6.45) is 7.50. The van der Waals surface area contributed by atoms with Gasteiger partial charge in [-0.25, -0.2) is 4.98 Å². The molecule has 0 radical (unpaired) electrons. The quantitative estimate of drug-likeness (QED) is 0.871. The SMILES string of the molecule is NCc1cccn2c(CC3CCCO3)ncc12. The lowest BCUT2D eigenvalue weighted by Gasteiger charge is -2.08. The molecule has 17 heavy (non-hydrogen) atoms. The summed E-state index contributed by atoms with van der Waals surface area (Å²) >= 11 is 0. The molecular formula is C13H17N3O. The van der Waals surface area contributed by atoms with Crippen molar-refractivity contribution in [1.29, 1.82) is 0 Å². The largest absolute Gasteiger partial charge is 0.378 e. The summed E-state index contributed by atoms with van der Waals surface area (Å²) in [6, 6.07) is 4.07. The van der Waals surface area contributed by atoms with Crippen LogP contribution in [-0.2, 0) is 17.7 Å². The van der Waals surface area contributed by atoms with Crippen LogP contribution in [0.2, 0.25) is 0 Å². The van der Waals surface area contributed by atoms with E-state index in [1.54, 1.807) is 0 Å². The topological polar surface area (TPSA) is 52.5 Å². The first-order valence-corrected chi connectivity index (χ1v) is 6.14. The molecule has 1 unspecified atom stereocenters. The molecule has 0 bridgehead atoms. The van der Waals surface area contributed by atoms with Gasteiger partial charge in [0.1, 0.15) is 5.82 Å². The maximum atomic E-state index is 5.72. The van der Waals surface area contributed by atoms with Gasteiger partial charge < -0.3 is 14.9 Å². The van der Waals surface area contributed by atoms with Crippen molar-refractivity contribution in [2.24, 2.45) is 5.73 Å². The summed E-state index contributed by atoms with van der Waals surface area (Å²) in [5.41, 5.74) is 7.97. The monoisotopic (exact) mass is 231 g/mol. The van der Waals surface area contributed by atoms with Crippen LogP contribution in [0.15, 0.2) is 24.5 Å². The lowest BCUT2D eigenvalue weighted by atomic mass is 10.2. The minimum Gasteiger partial charge on any atom is -0.378 e. The third-order valence-electron chi connectivity index (χ3n) is 3.39. The van der Waals surface area contributed by atoms with E-state index in [4.69, 9.17) is 10.5 Å². The average Bonchev–Trinajstić information content (AvgIpc) is 2.99. The zero-order valence-electron chi connectivity index (χ0n) is 9.80. The van der Waals surface area contributed by atoms with Crippen molar-refractivity contribution in [3.05, 3.63) is 35.9 Å². The standard InChI is InChI=1S/C13H17N3O/c14-8-10-3-1-5-16-12(10)9-15-13(16)7-11-4-2-6-17-11/h1,3,5,9,11H,2,4,6-8,14H2. The highest BCUT2D eigenvalue weighted by Crippen LogP contribution is 2.19. The Morgan fingerprint density at radius 2 is 2.47 bits per heavy atom. The van der Waals surface area contributed by atoms with Gasteiger partial charge in [-0.05, 0) is 24.5 Å². The highest BCUT2D eigenvalue weighted by Gasteiger charge is 2.18. The van der Waals surface area contributed by atoms with Crippen LogP contribution in [-0.4, -0.2) is 22.1 Å². The normalized spacial score (nSPS) is 20.2. The molecule has 4 heteroatoms. The van der Waals surface area contributed by atoms with Gasteiger partial charge in [-0.15, -0.1) is 0 Å². The number of hydrogen-bond donors (Lipinski definition) is 1. The van der Waals surface area contributed by atoms with Gasteiger partial charge in [-0.1, -0.05) is 6.07 Å². The summed E-state index contributed by atoms with van der Waals surface area (Å²) in [7, 11) is 0. The number of aromatic nitrogens is 2. The molecule has 1 aliphatic rings. The summed E-state index contributed by atoms with van der Waals surface area (Å²) < 4.78 is 7.78. The van der Waals surface area contributed by atoms with E-state index in [2.05, 4.69) is 9.38 Å². The fourth-order valence-corrected chi connectivity index (χ4v) is 2.47. The van der Waals surface area contributed by atoms with Crippen LogP contribution in [0.25, 0.3) is 5.52 Å². The molecule has 1 aliphatic heterocycles. The van der Waals surface area contributed by atoms with Crippen LogP contribution in [0, 0.1) is 0 Å². The molecule has 0 aliphatic carbocycles. The molecule has 2 N–H and O–H groups in total. The maximum Gasteiger partial charge on any atom is 0.115 e. The lowest BCUT2D eigenvalue weighted by molar-refractivity contribution is 0.110. The van der Waals surface area contributed by atoms with Crippen LogP contribution >= 0.6 is 0 Å². The van der Waals surface area contributed by atoms with Crippen LogP contribution in [0.4, 0.5) is 0 Å². The molecule has 1 saturated heterocycles. The molecule has 0 aromatic carbocycles. The van der Waals surface area contributed by atoms with Crippen molar-refractivity contribution in [2.75, 3.05) is 6.61 Å². The van der Waals surface area contributed by atoms with Crippen molar-refractivity contribution < 1.29 is 4.74 Å². The molecule has 1 fully saturated rings. The zero-order valence-corrected chi connectivity index (χ0v) is 9.80. The molecule has 4 nitrogen and oxygen atoms in total. The number of ether oxygens (including phenoxy) is 1. The Bertz CT molecular complexity index is 514. The van der Waals surface area contributed by atoms with Gasteiger partial charge in [-0.3, -0.25) is 0 Å². The molecule has 2 aromatic heterocycles. The fraction of sp³-hybridized carbons (Fsp3) is 0.462. The van der Waals surface area contributed by atoms with Crippen LogP contribution in [0.5, 0.6) is 0 Å². The molecule has 0 saturated carbocycles. The number of imidazole rings is 1. The van der Waals surface area contributed by atoms with E-state index < -0.39 is 0 Å². The Kier molecular flexibility index (Phi) is 2.82. The fourth-order valence-electron chi connectivity index (χ4n) is 2.47. The molecule has 2 aromatic rings. The zero-order chi connectivity index (χ0) is 11.7. The van der Waals surface area contributed by atoms with E-state index in [9.17, 15) is 0 Å². The van der Waals surface area contributed by atoms with Gasteiger partial charge in [0, 0.05) is 25.8 Å². The maximum absolute atomic E-state index is 5.72. The van der Waals surface area contributed by atoms with E-state index >= 15 is 0 Å². The Morgan fingerprint density at radius 1 is 1.53 bits per heavy atom. The summed E-state index contributed by atoms with van der Waals surface area (Å²) in [6.45, 7) is 1.44. The number of nitrogens with two attached hydrogens (primary N) is 1. The van der Waals surface area contributed by atoms with E-state index in [-0.39, 0.29) is 0 Å². The minimum atomic E-state index is 0.335. The molecule has 3 heterocycles. The Balaban J connectivity index is 1.94. The van der Waals surface area contributed by atoms with Crippen molar-refractivity contribution in [3.63, 3.8) is 0 Å². The van der Waals surface area contributed by atoms with E-state index in [0.717, 1.165) is 36.4 Å². The van der Waals surface area contributed by atoms with Crippen molar-refractivity contribution in [1.82, 2.24) is 9.38 Å². The van der Waals surface area contributed by atoms with Gasteiger partial charge in [-0.2, -0.15) is 0 Å². The first-order valence-electron chi connectivity index (χ1n) is 6.14. The number of rotatable bonds is 3. The second-order valence-electron chi connectivity index (χ2n) is 4.51. The molecule has 3 rings (SSSR count). The van der Waals surface area contributed by atoms with Crippen LogP contribution in [0.3, 0.4) is 0 Å². The van der Waals surface area contributed by atoms with E-state index in [1.807, 2.05) is 24.5 Å². The third-order valence-corrected chi connectivity index (χ3v) is 3.39. The number of hydrogen-bond acceptors (Lipinski definition) is 3. The van der Waals surface area contributed by atoms with E-state index in [1.165, 1.54) is 6.42 Å². The Morgan fingerprint density at radius 3 is 3.24 bits per heavy atom. The predicted molar refractivity (Wildman–Crippen MR) is 65.8 cm³/mol.